The lowest BCUT2D eigenvalue weighted by Crippen LogP contribution is -2.65. The summed E-state index contributed by atoms with van der Waals surface area (Å²) in [7, 11) is 0. The number of fused-ring (bicyclic) bond motifs is 7. The fourth-order valence-corrected chi connectivity index (χ4v) is 13.8. The van der Waals surface area contributed by atoms with Crippen LogP contribution in [0.2, 0.25) is 0 Å². The molecular formula is C48H67NO6. The number of carboxylic acid groups (broad SMARTS) is 1. The molecule has 300 valence electrons. The number of aryl methyl sites for hydroxylation is 1. The van der Waals surface area contributed by atoms with Crippen LogP contribution in [0.4, 0.5) is 0 Å². The predicted molar refractivity (Wildman–Crippen MR) is 214 cm³/mol. The van der Waals surface area contributed by atoms with E-state index in [9.17, 15) is 24.3 Å². The SMILES string of the molecule is Cc1ccc(C2(CC(=O)/C=C/[C@@]34CC[C@]5(C)[C@H](CC[C@@H]6[C@@]7(C)CC[C@H](OC(=O)CC(C)(C)C(=O)O)C(C)(C)[C@@H]7CC[C@]65C)C3=C(C(C)C)C(=O)C4)CC2)nc1. The van der Waals surface area contributed by atoms with Gasteiger partial charge >= 0.3 is 11.9 Å². The Kier molecular flexibility index (Phi) is 9.65. The third-order valence-corrected chi connectivity index (χ3v) is 17.3. The van der Waals surface area contributed by atoms with Crippen LogP contribution in [0.15, 0.2) is 41.6 Å². The van der Waals surface area contributed by atoms with Crippen molar-refractivity contribution in [3.8, 4) is 0 Å². The average molecular weight is 754 g/mol. The highest BCUT2D eigenvalue weighted by atomic mass is 16.5. The first-order valence-electron chi connectivity index (χ1n) is 21.4. The molecule has 0 radical (unpaired) electrons. The van der Waals surface area contributed by atoms with E-state index < -0.39 is 22.8 Å². The van der Waals surface area contributed by atoms with E-state index in [4.69, 9.17) is 9.72 Å². The lowest BCUT2D eigenvalue weighted by atomic mass is 9.33. The second-order valence-electron chi connectivity index (χ2n) is 21.5. The van der Waals surface area contributed by atoms with Crippen molar-refractivity contribution in [3.05, 3.63) is 52.9 Å². The first-order chi connectivity index (χ1) is 25.6. The lowest BCUT2D eigenvalue weighted by Gasteiger charge is -2.72. The van der Waals surface area contributed by atoms with Crippen molar-refractivity contribution in [2.24, 2.45) is 56.2 Å². The first-order valence-corrected chi connectivity index (χ1v) is 21.4. The van der Waals surface area contributed by atoms with Crippen LogP contribution in [-0.4, -0.2) is 39.7 Å². The number of nitrogens with zero attached hydrogens (tertiary/aromatic N) is 1. The number of hydrogen-bond acceptors (Lipinski definition) is 6. The van der Waals surface area contributed by atoms with Gasteiger partial charge < -0.3 is 9.84 Å². The van der Waals surface area contributed by atoms with Crippen LogP contribution in [-0.2, 0) is 29.3 Å². The lowest BCUT2D eigenvalue weighted by molar-refractivity contribution is -0.232. The monoisotopic (exact) mass is 753 g/mol. The standard InChI is InChI=1S/C48H67NO6/c1-29(2)39-33(51)26-48(20-15-31(50)25-47(23-24-47)36-14-11-30(3)28-49-36)22-21-45(9)32(40(39)48)12-13-35-44(8)18-17-37(55-38(52)27-42(4,5)41(53)54)43(6,7)34(44)16-19-46(35,45)10/h11,14-15,20,28-29,32,34-35,37H,12-13,16-19,21-27H2,1-10H3,(H,53,54)/b20-15+/t32-,34+,35-,37+,44+,45-,46-,48+/m1/s1. The Labute approximate surface area is 329 Å². The molecule has 1 aromatic rings. The molecule has 5 fully saturated rings. The van der Waals surface area contributed by atoms with Gasteiger partial charge in [-0.2, -0.15) is 0 Å². The molecule has 6 aliphatic rings. The number of carbonyl (C=O) groups excluding carboxylic acids is 3. The van der Waals surface area contributed by atoms with Crippen molar-refractivity contribution in [1.82, 2.24) is 4.98 Å². The van der Waals surface area contributed by atoms with E-state index in [0.29, 0.717) is 30.6 Å². The number of pyridine rings is 1. The Bertz CT molecular complexity index is 1830. The zero-order chi connectivity index (χ0) is 40.1. The van der Waals surface area contributed by atoms with Gasteiger partial charge in [0.25, 0.3) is 0 Å². The van der Waals surface area contributed by atoms with E-state index in [2.05, 4.69) is 66.7 Å². The number of ketones is 2. The van der Waals surface area contributed by atoms with Crippen molar-refractivity contribution in [3.63, 3.8) is 0 Å². The minimum atomic E-state index is -1.16. The normalized spacial score (nSPS) is 37.5. The highest BCUT2D eigenvalue weighted by molar-refractivity contribution is 6.01. The number of carboxylic acids is 1. The molecule has 1 aromatic heterocycles. The van der Waals surface area contributed by atoms with Crippen LogP contribution in [0.1, 0.15) is 157 Å². The fourth-order valence-electron chi connectivity index (χ4n) is 13.8. The first kappa shape index (κ1) is 40.1. The second-order valence-corrected chi connectivity index (χ2v) is 21.5. The Morgan fingerprint density at radius 3 is 2.25 bits per heavy atom. The van der Waals surface area contributed by atoms with E-state index in [-0.39, 0.29) is 57.1 Å². The molecule has 0 aromatic carbocycles. The second kappa shape index (κ2) is 13.2. The smallest absolute Gasteiger partial charge is 0.309 e. The Hall–Kier alpha value is -3.09. The van der Waals surface area contributed by atoms with Gasteiger partial charge in [-0.25, -0.2) is 0 Å². The molecule has 0 spiro atoms. The van der Waals surface area contributed by atoms with Crippen molar-refractivity contribution in [1.29, 1.82) is 0 Å². The van der Waals surface area contributed by atoms with Gasteiger partial charge in [-0.3, -0.25) is 24.2 Å². The number of carbonyl (C=O) groups is 4. The zero-order valence-electron chi connectivity index (χ0n) is 35.4. The maximum absolute atomic E-state index is 14.1. The number of aliphatic carboxylic acids is 1. The van der Waals surface area contributed by atoms with E-state index in [0.717, 1.165) is 81.0 Å². The van der Waals surface area contributed by atoms with Gasteiger partial charge in [0, 0.05) is 41.0 Å². The molecule has 1 heterocycles. The van der Waals surface area contributed by atoms with Crippen LogP contribution in [0.3, 0.4) is 0 Å². The molecule has 0 saturated heterocycles. The molecule has 5 saturated carbocycles. The van der Waals surface area contributed by atoms with Crippen LogP contribution < -0.4 is 0 Å². The van der Waals surface area contributed by atoms with Gasteiger partial charge in [0.05, 0.1) is 11.8 Å². The third-order valence-electron chi connectivity index (χ3n) is 17.3. The molecule has 0 unspecified atom stereocenters. The van der Waals surface area contributed by atoms with Crippen LogP contribution in [0, 0.1) is 63.1 Å². The molecule has 0 amide bonds. The number of ether oxygens (including phenoxy) is 1. The summed E-state index contributed by atoms with van der Waals surface area (Å²) in [6.45, 7) is 21.8. The summed E-state index contributed by atoms with van der Waals surface area (Å²) in [6, 6.07) is 4.18. The molecule has 7 nitrogen and oxygen atoms in total. The third kappa shape index (κ3) is 6.22. The average Bonchev–Trinajstić information content (AvgIpc) is 3.80. The molecule has 8 atom stereocenters. The maximum atomic E-state index is 14.1. The van der Waals surface area contributed by atoms with Crippen molar-refractivity contribution in [2.45, 2.75) is 164 Å². The number of Topliss-reactive ketones (excluding diaryl/α,β-unsaturated/α-hetero) is 1. The molecule has 55 heavy (non-hydrogen) atoms. The zero-order valence-corrected chi connectivity index (χ0v) is 35.4. The number of aromatic nitrogens is 1. The van der Waals surface area contributed by atoms with Gasteiger partial charge in [0.1, 0.15) is 6.10 Å². The maximum Gasteiger partial charge on any atom is 0.309 e. The summed E-state index contributed by atoms with van der Waals surface area (Å²) in [6.07, 6.45) is 16.5. The Morgan fingerprint density at radius 2 is 1.64 bits per heavy atom. The molecular weight excluding hydrogens is 687 g/mol. The topological polar surface area (TPSA) is 111 Å². The molecule has 0 bridgehead atoms. The van der Waals surface area contributed by atoms with E-state index in [1.165, 1.54) is 5.57 Å². The quantitative estimate of drug-likeness (QED) is 0.187. The summed E-state index contributed by atoms with van der Waals surface area (Å²) in [4.78, 5) is 57.5. The van der Waals surface area contributed by atoms with E-state index in [1.54, 1.807) is 13.8 Å². The van der Waals surface area contributed by atoms with Crippen molar-refractivity contribution >= 4 is 23.5 Å². The number of hydrogen-bond donors (Lipinski definition) is 1. The molecule has 1 N–H and O–H groups in total. The van der Waals surface area contributed by atoms with Gasteiger partial charge in [-0.1, -0.05) is 60.6 Å². The van der Waals surface area contributed by atoms with Crippen LogP contribution in [0.25, 0.3) is 0 Å². The van der Waals surface area contributed by atoms with Gasteiger partial charge in [0.2, 0.25) is 0 Å². The number of allylic oxidation sites excluding steroid dienone is 4. The molecule has 7 rings (SSSR count). The minimum absolute atomic E-state index is 0.0103. The summed E-state index contributed by atoms with van der Waals surface area (Å²) >= 11 is 0. The Balaban J connectivity index is 1.14. The van der Waals surface area contributed by atoms with Gasteiger partial charge in [-0.05, 0) is 154 Å². The van der Waals surface area contributed by atoms with E-state index in [1.807, 2.05) is 19.2 Å². The van der Waals surface area contributed by atoms with Crippen molar-refractivity contribution < 1.29 is 29.0 Å². The minimum Gasteiger partial charge on any atom is -0.481 e. The summed E-state index contributed by atoms with van der Waals surface area (Å²) in [5.41, 5.74) is 2.74. The largest absolute Gasteiger partial charge is 0.481 e. The number of rotatable bonds is 10. The fraction of sp³-hybridized carbons (Fsp3) is 0.729. The van der Waals surface area contributed by atoms with Crippen LogP contribution in [0.5, 0.6) is 0 Å². The Morgan fingerprint density at radius 1 is 0.927 bits per heavy atom. The van der Waals surface area contributed by atoms with E-state index >= 15 is 0 Å². The predicted octanol–water partition coefficient (Wildman–Crippen LogP) is 10.3. The van der Waals surface area contributed by atoms with Gasteiger partial charge in [-0.15, -0.1) is 0 Å². The molecule has 0 aliphatic heterocycles. The van der Waals surface area contributed by atoms with Crippen molar-refractivity contribution in [2.75, 3.05) is 0 Å². The number of esters is 1. The van der Waals surface area contributed by atoms with Gasteiger partial charge in [0.15, 0.2) is 11.6 Å². The summed E-state index contributed by atoms with van der Waals surface area (Å²) in [5.74, 6) is 0.310. The summed E-state index contributed by atoms with van der Waals surface area (Å²) < 4.78 is 6.18. The molecule has 6 aliphatic carbocycles. The highest BCUT2D eigenvalue weighted by Crippen LogP contribution is 2.77. The highest BCUT2D eigenvalue weighted by Gasteiger charge is 2.70. The molecule has 7 heteroatoms. The van der Waals surface area contributed by atoms with Crippen LogP contribution >= 0.6 is 0 Å². The summed E-state index contributed by atoms with van der Waals surface area (Å²) in [5, 5.41) is 9.63.